The molecule has 26 heavy (non-hydrogen) atoms. The molecule has 0 atom stereocenters. The number of aromatic nitrogens is 2. The van der Waals surface area contributed by atoms with Gasteiger partial charge < -0.3 is 10.2 Å². The molecule has 1 amide bonds. The second-order valence-corrected chi connectivity index (χ2v) is 6.95. The first-order valence-corrected chi connectivity index (χ1v) is 9.39. The van der Waals surface area contributed by atoms with E-state index in [9.17, 15) is 9.18 Å². The van der Waals surface area contributed by atoms with Gasteiger partial charge >= 0.3 is 0 Å². The lowest BCUT2D eigenvalue weighted by atomic mass is 10.2. The van der Waals surface area contributed by atoms with E-state index in [2.05, 4.69) is 15.3 Å². The summed E-state index contributed by atoms with van der Waals surface area (Å²) in [6.07, 6.45) is 5.11. The maximum atomic E-state index is 13.1. The third-order valence-corrected chi connectivity index (χ3v) is 5.00. The molecule has 2 heterocycles. The minimum absolute atomic E-state index is 0.0943. The summed E-state index contributed by atoms with van der Waals surface area (Å²) in [4.78, 5) is 15.1. The van der Waals surface area contributed by atoms with Gasteiger partial charge in [0.25, 0.3) is 5.91 Å². The van der Waals surface area contributed by atoms with Gasteiger partial charge in [0, 0.05) is 13.1 Å². The van der Waals surface area contributed by atoms with Crippen molar-refractivity contribution in [2.24, 2.45) is 0 Å². The molecule has 6 heteroatoms. The van der Waals surface area contributed by atoms with Gasteiger partial charge in [-0.15, -0.1) is 0 Å². The summed E-state index contributed by atoms with van der Waals surface area (Å²) in [5, 5.41) is 7.49. The highest BCUT2D eigenvalue weighted by atomic mass is 19.1. The zero-order chi connectivity index (χ0) is 18.5. The van der Waals surface area contributed by atoms with Crippen LogP contribution >= 0.6 is 0 Å². The van der Waals surface area contributed by atoms with E-state index in [0.29, 0.717) is 17.8 Å². The van der Waals surface area contributed by atoms with Gasteiger partial charge in [-0.25, -0.2) is 9.07 Å². The van der Waals surface area contributed by atoms with Crippen LogP contribution in [0.3, 0.4) is 0 Å². The van der Waals surface area contributed by atoms with Crippen molar-refractivity contribution in [3.8, 4) is 5.69 Å². The Bertz CT molecular complexity index is 746. The molecule has 0 saturated carbocycles. The van der Waals surface area contributed by atoms with Crippen LogP contribution in [0.1, 0.15) is 47.4 Å². The van der Waals surface area contributed by atoms with Gasteiger partial charge in [-0.2, -0.15) is 5.10 Å². The highest BCUT2D eigenvalue weighted by Crippen LogP contribution is 2.18. The van der Waals surface area contributed by atoms with Crippen molar-refractivity contribution in [2.75, 3.05) is 26.2 Å². The Labute approximate surface area is 154 Å². The number of likely N-dealkylation sites (tertiary alicyclic amines) is 1. The van der Waals surface area contributed by atoms with Crippen LogP contribution in [0, 0.1) is 19.7 Å². The number of halogens is 1. The van der Waals surface area contributed by atoms with Gasteiger partial charge in [0.05, 0.1) is 22.6 Å². The Morgan fingerprint density at radius 2 is 1.77 bits per heavy atom. The number of nitrogens with zero attached hydrogens (tertiary/aromatic N) is 3. The lowest BCUT2D eigenvalue weighted by molar-refractivity contribution is 0.0947. The number of amides is 1. The molecular weight excluding hydrogens is 331 g/mol. The topological polar surface area (TPSA) is 50.2 Å². The SMILES string of the molecule is Cc1nn(-c2ccc(F)cc2)c(C)c1C(=O)NCCN1CCCCCC1. The van der Waals surface area contributed by atoms with E-state index in [-0.39, 0.29) is 11.7 Å². The monoisotopic (exact) mass is 358 g/mol. The van der Waals surface area contributed by atoms with E-state index in [0.717, 1.165) is 31.0 Å². The molecule has 1 saturated heterocycles. The molecule has 1 fully saturated rings. The summed E-state index contributed by atoms with van der Waals surface area (Å²) in [5.74, 6) is -0.384. The van der Waals surface area contributed by atoms with Crippen LogP contribution < -0.4 is 5.32 Å². The van der Waals surface area contributed by atoms with Crippen molar-refractivity contribution >= 4 is 5.91 Å². The van der Waals surface area contributed by atoms with Gasteiger partial charge in [-0.3, -0.25) is 4.79 Å². The Morgan fingerprint density at radius 3 is 2.42 bits per heavy atom. The average Bonchev–Trinajstić information content (AvgIpc) is 2.79. The van der Waals surface area contributed by atoms with Crippen molar-refractivity contribution in [1.82, 2.24) is 20.0 Å². The van der Waals surface area contributed by atoms with Gasteiger partial charge in [0.2, 0.25) is 0 Å². The Hall–Kier alpha value is -2.21. The quantitative estimate of drug-likeness (QED) is 0.893. The summed E-state index contributed by atoms with van der Waals surface area (Å²) in [7, 11) is 0. The number of nitrogens with one attached hydrogen (secondary N) is 1. The standard InChI is InChI=1S/C20H27FN4O/c1-15-19(16(2)25(23-15)18-9-7-17(21)8-10-18)20(26)22-11-14-24-12-5-3-4-6-13-24/h7-10H,3-6,11-14H2,1-2H3,(H,22,26). The number of benzene rings is 1. The molecule has 1 aliphatic rings. The van der Waals surface area contributed by atoms with Crippen LogP contribution in [0.5, 0.6) is 0 Å². The zero-order valence-corrected chi connectivity index (χ0v) is 15.6. The minimum atomic E-state index is -0.290. The third-order valence-electron chi connectivity index (χ3n) is 5.00. The normalized spacial score (nSPS) is 15.7. The van der Waals surface area contributed by atoms with Crippen LogP contribution in [-0.4, -0.2) is 46.8 Å². The first-order chi connectivity index (χ1) is 12.6. The summed E-state index contributed by atoms with van der Waals surface area (Å²) in [5.41, 5.74) is 2.79. The highest BCUT2D eigenvalue weighted by Gasteiger charge is 2.19. The van der Waals surface area contributed by atoms with Crippen molar-refractivity contribution in [3.63, 3.8) is 0 Å². The van der Waals surface area contributed by atoms with Crippen molar-refractivity contribution in [3.05, 3.63) is 47.0 Å². The number of hydrogen-bond donors (Lipinski definition) is 1. The average molecular weight is 358 g/mol. The fraction of sp³-hybridized carbons (Fsp3) is 0.500. The molecule has 2 aromatic rings. The lowest BCUT2D eigenvalue weighted by Gasteiger charge is -2.19. The van der Waals surface area contributed by atoms with E-state index in [1.807, 2.05) is 13.8 Å². The minimum Gasteiger partial charge on any atom is -0.351 e. The maximum Gasteiger partial charge on any atom is 0.255 e. The van der Waals surface area contributed by atoms with E-state index in [1.54, 1.807) is 16.8 Å². The van der Waals surface area contributed by atoms with Crippen LogP contribution in [0.25, 0.3) is 5.69 Å². The zero-order valence-electron chi connectivity index (χ0n) is 15.6. The Kier molecular flexibility index (Phi) is 6.04. The number of carbonyl (C=O) groups is 1. The number of hydrogen-bond acceptors (Lipinski definition) is 3. The molecule has 0 radical (unpaired) electrons. The van der Waals surface area contributed by atoms with Gasteiger partial charge in [-0.1, -0.05) is 12.8 Å². The van der Waals surface area contributed by atoms with Gasteiger partial charge in [-0.05, 0) is 64.0 Å². The number of rotatable bonds is 5. The molecule has 1 N–H and O–H groups in total. The van der Waals surface area contributed by atoms with Crippen LogP contribution in [-0.2, 0) is 0 Å². The lowest BCUT2D eigenvalue weighted by Crippen LogP contribution is -2.35. The molecule has 0 unspecified atom stereocenters. The third kappa shape index (κ3) is 4.30. The second kappa shape index (κ2) is 8.45. The molecule has 1 aromatic carbocycles. The van der Waals surface area contributed by atoms with Gasteiger partial charge in [0.1, 0.15) is 5.82 Å². The molecule has 1 aliphatic heterocycles. The largest absolute Gasteiger partial charge is 0.351 e. The molecule has 5 nitrogen and oxygen atoms in total. The highest BCUT2D eigenvalue weighted by molar-refractivity contribution is 5.96. The molecule has 0 aliphatic carbocycles. The Balaban J connectivity index is 1.64. The van der Waals surface area contributed by atoms with Crippen molar-refractivity contribution in [2.45, 2.75) is 39.5 Å². The fourth-order valence-electron chi connectivity index (χ4n) is 3.58. The fourth-order valence-corrected chi connectivity index (χ4v) is 3.58. The second-order valence-electron chi connectivity index (χ2n) is 6.95. The van der Waals surface area contributed by atoms with Crippen LogP contribution in [0.2, 0.25) is 0 Å². The van der Waals surface area contributed by atoms with E-state index < -0.39 is 0 Å². The number of carbonyl (C=O) groups excluding carboxylic acids is 1. The van der Waals surface area contributed by atoms with Crippen molar-refractivity contribution in [1.29, 1.82) is 0 Å². The summed E-state index contributed by atoms with van der Waals surface area (Å²) >= 11 is 0. The maximum absolute atomic E-state index is 13.1. The first kappa shape index (κ1) is 18.6. The molecule has 1 aromatic heterocycles. The van der Waals surface area contributed by atoms with E-state index >= 15 is 0 Å². The summed E-state index contributed by atoms with van der Waals surface area (Å²) in [6.45, 7) is 7.46. The van der Waals surface area contributed by atoms with E-state index in [1.165, 1.54) is 37.8 Å². The molecule has 0 spiro atoms. The molecule has 0 bridgehead atoms. The smallest absolute Gasteiger partial charge is 0.255 e. The molecular formula is C20H27FN4O. The molecule has 140 valence electrons. The van der Waals surface area contributed by atoms with E-state index in [4.69, 9.17) is 0 Å². The van der Waals surface area contributed by atoms with Crippen LogP contribution in [0.15, 0.2) is 24.3 Å². The van der Waals surface area contributed by atoms with Gasteiger partial charge in [0.15, 0.2) is 0 Å². The number of aryl methyl sites for hydroxylation is 1. The Morgan fingerprint density at radius 1 is 1.12 bits per heavy atom. The first-order valence-electron chi connectivity index (χ1n) is 9.39. The predicted octanol–water partition coefficient (Wildman–Crippen LogP) is 3.23. The summed E-state index contributed by atoms with van der Waals surface area (Å²) in [6, 6.07) is 6.12. The molecule has 3 rings (SSSR count). The summed E-state index contributed by atoms with van der Waals surface area (Å²) < 4.78 is 14.8. The van der Waals surface area contributed by atoms with Crippen LogP contribution in [0.4, 0.5) is 4.39 Å². The predicted molar refractivity (Wildman–Crippen MR) is 100 cm³/mol. The van der Waals surface area contributed by atoms with Crippen molar-refractivity contribution < 1.29 is 9.18 Å².